The molecule has 3 aliphatic rings. The Labute approximate surface area is 114 Å². The van der Waals surface area contributed by atoms with E-state index in [0.717, 1.165) is 0 Å². The lowest BCUT2D eigenvalue weighted by molar-refractivity contribution is -0.224. The number of nitrogens with one attached hydrogen (secondary N) is 2. The van der Waals surface area contributed by atoms with Crippen LogP contribution in [0.25, 0.3) is 0 Å². The van der Waals surface area contributed by atoms with Crippen LogP contribution in [0.4, 0.5) is 4.79 Å². The van der Waals surface area contributed by atoms with Gasteiger partial charge in [0, 0.05) is 0 Å². The number of carbonyl (C=O) groups excluding carboxylic acids is 2. The third-order valence-corrected chi connectivity index (χ3v) is 3.70. The quantitative estimate of drug-likeness (QED) is 0.424. The van der Waals surface area contributed by atoms with Crippen LogP contribution >= 0.6 is 0 Å². The minimum absolute atomic E-state index is 0.627. The lowest BCUT2D eigenvalue weighted by Gasteiger charge is -2.33. The zero-order valence-electron chi connectivity index (χ0n) is 11.0. The van der Waals surface area contributed by atoms with Gasteiger partial charge in [0.1, 0.15) is 18.3 Å². The van der Waals surface area contributed by atoms with Crippen molar-refractivity contribution in [2.75, 3.05) is 6.61 Å². The lowest BCUT2D eigenvalue weighted by atomic mass is 9.85. The number of imide groups is 1. The molecule has 1 spiro atoms. The molecule has 3 fully saturated rings. The average molecular weight is 288 g/mol. The van der Waals surface area contributed by atoms with Gasteiger partial charge in [0.25, 0.3) is 5.91 Å². The molecule has 0 aromatic heterocycles. The van der Waals surface area contributed by atoms with Crippen molar-refractivity contribution in [3.8, 4) is 0 Å². The number of aliphatic hydroxyl groups excluding tert-OH is 2. The average Bonchev–Trinajstić information content (AvgIpc) is 2.91. The Morgan fingerprint density at radius 3 is 2.60 bits per heavy atom. The first-order valence-corrected chi connectivity index (χ1v) is 6.24. The standard InChI is InChI=1S/C11H16N2O7/c1-10(2)19-6-7(20-10)18-5(4(15)3-14)11(6)8(16)12-9(17)13-11/h4-7,14-15H,3H2,1-2H3,(H2,12,13,16,17)/t4-,5?,6+,7-,11-/m1/s1. The van der Waals surface area contributed by atoms with E-state index in [9.17, 15) is 14.7 Å². The second-order valence-electron chi connectivity index (χ2n) is 5.51. The van der Waals surface area contributed by atoms with Crippen molar-refractivity contribution in [2.45, 2.75) is 49.8 Å². The highest BCUT2D eigenvalue weighted by atomic mass is 16.8. The van der Waals surface area contributed by atoms with Crippen molar-refractivity contribution >= 4 is 11.9 Å². The van der Waals surface area contributed by atoms with Gasteiger partial charge in [0.05, 0.1) is 6.61 Å². The molecule has 9 heteroatoms. The van der Waals surface area contributed by atoms with Gasteiger partial charge in [-0.25, -0.2) is 4.79 Å². The summed E-state index contributed by atoms with van der Waals surface area (Å²) in [6.07, 6.45) is -4.35. The molecule has 0 aromatic carbocycles. The second kappa shape index (κ2) is 4.12. The van der Waals surface area contributed by atoms with E-state index in [-0.39, 0.29) is 0 Å². The fourth-order valence-electron chi connectivity index (χ4n) is 2.92. The molecular weight excluding hydrogens is 272 g/mol. The SMILES string of the molecule is CC1(C)O[C@H]2OC([C@H](O)CO)[C@@]3(NC(=O)NC3=O)[C@H]2O1. The first kappa shape index (κ1) is 13.7. The number of carbonyl (C=O) groups is 2. The molecule has 3 amide bonds. The summed E-state index contributed by atoms with van der Waals surface area (Å²) in [4.78, 5) is 23.7. The molecule has 20 heavy (non-hydrogen) atoms. The highest BCUT2D eigenvalue weighted by Crippen LogP contribution is 2.45. The van der Waals surface area contributed by atoms with E-state index in [1.165, 1.54) is 0 Å². The van der Waals surface area contributed by atoms with Crippen molar-refractivity contribution in [3.05, 3.63) is 0 Å². The van der Waals surface area contributed by atoms with Gasteiger partial charge in [0.15, 0.2) is 17.6 Å². The highest BCUT2D eigenvalue weighted by molar-refractivity contribution is 6.08. The molecule has 1 unspecified atom stereocenters. The van der Waals surface area contributed by atoms with E-state index in [1.807, 2.05) is 0 Å². The smallest absolute Gasteiger partial charge is 0.322 e. The molecule has 9 nitrogen and oxygen atoms in total. The molecule has 0 radical (unpaired) electrons. The molecule has 0 bridgehead atoms. The number of urea groups is 1. The minimum Gasteiger partial charge on any atom is -0.394 e. The number of hydrogen-bond acceptors (Lipinski definition) is 7. The van der Waals surface area contributed by atoms with Gasteiger partial charge in [-0.3, -0.25) is 10.1 Å². The largest absolute Gasteiger partial charge is 0.394 e. The number of amides is 3. The molecule has 3 heterocycles. The van der Waals surface area contributed by atoms with Gasteiger partial charge in [0.2, 0.25) is 0 Å². The summed E-state index contributed by atoms with van der Waals surface area (Å²) < 4.78 is 16.6. The van der Waals surface area contributed by atoms with Crippen molar-refractivity contribution in [3.63, 3.8) is 0 Å². The Bertz CT molecular complexity index is 468. The van der Waals surface area contributed by atoms with E-state index < -0.39 is 54.5 Å². The molecular formula is C11H16N2O7. The fourth-order valence-corrected chi connectivity index (χ4v) is 2.92. The van der Waals surface area contributed by atoms with E-state index >= 15 is 0 Å². The van der Waals surface area contributed by atoms with Crippen LogP contribution in [-0.4, -0.2) is 64.7 Å². The molecule has 3 rings (SSSR count). The first-order chi connectivity index (χ1) is 9.30. The number of rotatable bonds is 2. The van der Waals surface area contributed by atoms with Crippen LogP contribution in [0.2, 0.25) is 0 Å². The second-order valence-corrected chi connectivity index (χ2v) is 5.51. The van der Waals surface area contributed by atoms with Crippen molar-refractivity contribution in [1.29, 1.82) is 0 Å². The van der Waals surface area contributed by atoms with Gasteiger partial charge < -0.3 is 29.7 Å². The van der Waals surface area contributed by atoms with Crippen LogP contribution in [-0.2, 0) is 19.0 Å². The topological polar surface area (TPSA) is 126 Å². The third kappa shape index (κ3) is 1.68. The third-order valence-electron chi connectivity index (χ3n) is 3.70. The van der Waals surface area contributed by atoms with Crippen molar-refractivity contribution in [1.82, 2.24) is 10.6 Å². The summed E-state index contributed by atoms with van der Waals surface area (Å²) >= 11 is 0. The zero-order chi connectivity index (χ0) is 14.7. The Morgan fingerprint density at radius 1 is 1.35 bits per heavy atom. The normalized spacial score (nSPS) is 43.5. The van der Waals surface area contributed by atoms with Crippen LogP contribution in [0.15, 0.2) is 0 Å². The number of hydrogen-bond donors (Lipinski definition) is 4. The van der Waals surface area contributed by atoms with Crippen molar-refractivity contribution < 1.29 is 34.0 Å². The van der Waals surface area contributed by atoms with E-state index in [2.05, 4.69) is 10.6 Å². The van der Waals surface area contributed by atoms with Crippen LogP contribution < -0.4 is 10.6 Å². The molecule has 0 saturated carbocycles. The monoisotopic (exact) mass is 288 g/mol. The summed E-state index contributed by atoms with van der Waals surface area (Å²) in [6, 6.07) is -0.706. The van der Waals surface area contributed by atoms with Gasteiger partial charge in [-0.2, -0.15) is 0 Å². The Hall–Kier alpha value is -1.26. The van der Waals surface area contributed by atoms with Crippen LogP contribution in [0, 0.1) is 0 Å². The van der Waals surface area contributed by atoms with E-state index in [4.69, 9.17) is 19.3 Å². The predicted octanol–water partition coefficient (Wildman–Crippen LogP) is -2.21. The summed E-state index contributed by atoms with van der Waals surface area (Å²) in [6.45, 7) is 2.67. The molecule has 112 valence electrons. The maximum atomic E-state index is 12.2. The highest BCUT2D eigenvalue weighted by Gasteiger charge is 2.71. The van der Waals surface area contributed by atoms with Gasteiger partial charge >= 0.3 is 6.03 Å². The van der Waals surface area contributed by atoms with Gasteiger partial charge in [-0.1, -0.05) is 0 Å². The van der Waals surface area contributed by atoms with Gasteiger partial charge in [-0.15, -0.1) is 0 Å². The molecule has 3 saturated heterocycles. The van der Waals surface area contributed by atoms with Crippen LogP contribution in [0.1, 0.15) is 13.8 Å². The molecule has 3 aliphatic heterocycles. The predicted molar refractivity (Wildman–Crippen MR) is 61.2 cm³/mol. The van der Waals surface area contributed by atoms with Gasteiger partial charge in [-0.05, 0) is 13.8 Å². The summed E-state index contributed by atoms with van der Waals surface area (Å²) in [5.41, 5.74) is -1.61. The Kier molecular flexibility index (Phi) is 2.82. The molecule has 0 aliphatic carbocycles. The first-order valence-electron chi connectivity index (χ1n) is 6.24. The number of fused-ring (bicyclic) bond motifs is 2. The van der Waals surface area contributed by atoms with Crippen molar-refractivity contribution in [2.24, 2.45) is 0 Å². The molecule has 0 aromatic rings. The van der Waals surface area contributed by atoms with Crippen LogP contribution in [0.5, 0.6) is 0 Å². The van der Waals surface area contributed by atoms with E-state index in [1.54, 1.807) is 13.8 Å². The maximum absolute atomic E-state index is 12.2. The summed E-state index contributed by atoms with van der Waals surface area (Å²) in [7, 11) is 0. The Morgan fingerprint density at radius 2 is 2.05 bits per heavy atom. The maximum Gasteiger partial charge on any atom is 0.322 e. The lowest BCUT2D eigenvalue weighted by Crippen LogP contribution is -2.64. The fraction of sp³-hybridized carbons (Fsp3) is 0.818. The van der Waals surface area contributed by atoms with E-state index in [0.29, 0.717) is 0 Å². The molecule has 4 N–H and O–H groups in total. The Balaban J connectivity index is 2.01. The minimum atomic E-state index is -1.61. The zero-order valence-corrected chi connectivity index (χ0v) is 11.0. The number of aliphatic hydroxyl groups is 2. The van der Waals surface area contributed by atoms with Crippen LogP contribution in [0.3, 0.4) is 0 Å². The molecule has 5 atom stereocenters. The summed E-state index contributed by atoms with van der Waals surface area (Å²) in [5, 5.41) is 23.5. The number of ether oxygens (including phenoxy) is 3. The summed E-state index contributed by atoms with van der Waals surface area (Å²) in [5.74, 6) is -1.65.